The van der Waals surface area contributed by atoms with E-state index in [0.717, 1.165) is 6.54 Å². The first-order chi connectivity index (χ1) is 10.5. The highest BCUT2D eigenvalue weighted by molar-refractivity contribution is 5.79. The third kappa shape index (κ3) is 21.2. The van der Waals surface area contributed by atoms with Crippen LogP contribution in [0.5, 0.6) is 0 Å². The third-order valence-electron chi connectivity index (χ3n) is 3.21. The summed E-state index contributed by atoms with van der Waals surface area (Å²) in [6.07, 6.45) is 11.4. The Kier molecular flexibility index (Phi) is 18.8. The average Bonchev–Trinajstić information content (AvgIpc) is 2.45. The van der Waals surface area contributed by atoms with Crippen molar-refractivity contribution >= 4 is 11.9 Å². The topological polar surface area (TPSA) is 121 Å². The summed E-state index contributed by atoms with van der Waals surface area (Å²) in [5.74, 6) is -2.85. The molecular weight excluding hydrogens is 286 g/mol. The molecule has 0 aliphatic heterocycles. The molecule has 0 aromatic carbocycles. The van der Waals surface area contributed by atoms with E-state index in [2.05, 4.69) is 6.92 Å². The van der Waals surface area contributed by atoms with Crippen LogP contribution in [0.25, 0.3) is 0 Å². The quantitative estimate of drug-likeness (QED) is 0.387. The van der Waals surface area contributed by atoms with E-state index >= 15 is 0 Å². The van der Waals surface area contributed by atoms with Crippen LogP contribution in [0.2, 0.25) is 0 Å². The fourth-order valence-electron chi connectivity index (χ4n) is 1.88. The van der Waals surface area contributed by atoms with Gasteiger partial charge in [0.25, 0.3) is 0 Å². The van der Waals surface area contributed by atoms with E-state index < -0.39 is 24.5 Å². The maximum Gasteiger partial charge on any atom is 0.333 e. The molecule has 0 saturated heterocycles. The lowest BCUT2D eigenvalue weighted by Gasteiger charge is -2.00. The molecule has 0 aliphatic rings. The third-order valence-corrected chi connectivity index (χ3v) is 3.21. The minimum atomic E-state index is -1.79. The van der Waals surface area contributed by atoms with Crippen molar-refractivity contribution in [1.29, 1.82) is 0 Å². The zero-order valence-corrected chi connectivity index (χ0v) is 13.8. The Morgan fingerprint density at radius 1 is 0.864 bits per heavy atom. The van der Waals surface area contributed by atoms with Crippen LogP contribution in [0, 0.1) is 0 Å². The number of aliphatic carboxylic acids is 2. The van der Waals surface area contributed by atoms with Crippen LogP contribution in [-0.4, -0.2) is 39.9 Å². The molecule has 5 N–H and O–H groups in total. The summed E-state index contributed by atoms with van der Waals surface area (Å²) in [6, 6.07) is 0. The summed E-state index contributed by atoms with van der Waals surface area (Å²) in [5.41, 5.74) is 5.42. The number of hydrogen-bond donors (Lipinski definition) is 4. The number of nitrogens with two attached hydrogens (primary N) is 1. The van der Waals surface area contributed by atoms with Gasteiger partial charge >= 0.3 is 11.9 Å². The Balaban J connectivity index is 0. The molecule has 0 bridgehead atoms. The summed E-state index contributed by atoms with van der Waals surface area (Å²) < 4.78 is 0. The second-order valence-corrected chi connectivity index (χ2v) is 5.42. The lowest BCUT2D eigenvalue weighted by atomic mass is 10.1. The van der Waals surface area contributed by atoms with Gasteiger partial charge in [-0.1, -0.05) is 64.7 Å². The van der Waals surface area contributed by atoms with E-state index in [9.17, 15) is 9.59 Å². The highest BCUT2D eigenvalue weighted by Crippen LogP contribution is 2.09. The smallest absolute Gasteiger partial charge is 0.333 e. The number of unbranched alkanes of at least 4 members (excludes halogenated alkanes) is 9. The van der Waals surface area contributed by atoms with Gasteiger partial charge in [-0.3, -0.25) is 4.79 Å². The highest BCUT2D eigenvalue weighted by Gasteiger charge is 2.16. The lowest BCUT2D eigenvalue weighted by Crippen LogP contribution is -2.22. The van der Waals surface area contributed by atoms with Gasteiger partial charge in [0.15, 0.2) is 6.10 Å². The van der Waals surface area contributed by atoms with Crippen molar-refractivity contribution in [1.82, 2.24) is 0 Å². The molecular formula is C16H33NO5. The predicted octanol–water partition coefficient (Wildman–Crippen LogP) is 2.77. The molecule has 0 aliphatic carbocycles. The SMILES string of the molecule is CCCCCCCCCCCCN.O=C(O)CC(O)C(=O)O. The summed E-state index contributed by atoms with van der Waals surface area (Å²) in [6.45, 7) is 3.14. The van der Waals surface area contributed by atoms with E-state index in [-0.39, 0.29) is 0 Å². The van der Waals surface area contributed by atoms with Gasteiger partial charge in [-0.2, -0.15) is 0 Å². The van der Waals surface area contributed by atoms with Crippen LogP contribution < -0.4 is 5.73 Å². The maximum absolute atomic E-state index is 9.72. The van der Waals surface area contributed by atoms with Crippen LogP contribution in [0.3, 0.4) is 0 Å². The van der Waals surface area contributed by atoms with E-state index in [1.807, 2.05) is 0 Å². The fraction of sp³-hybridized carbons (Fsp3) is 0.875. The number of carboxylic acids is 2. The second-order valence-electron chi connectivity index (χ2n) is 5.42. The Bertz CT molecular complexity index is 261. The Morgan fingerprint density at radius 2 is 1.27 bits per heavy atom. The van der Waals surface area contributed by atoms with Gasteiger partial charge in [0.2, 0.25) is 0 Å². The molecule has 0 amide bonds. The first-order valence-corrected chi connectivity index (χ1v) is 8.28. The Labute approximate surface area is 133 Å². The molecule has 22 heavy (non-hydrogen) atoms. The normalized spacial score (nSPS) is 11.4. The van der Waals surface area contributed by atoms with Crippen molar-refractivity contribution in [3.8, 4) is 0 Å². The van der Waals surface area contributed by atoms with Crippen molar-refractivity contribution in [3.05, 3.63) is 0 Å². The number of rotatable bonds is 13. The molecule has 1 atom stereocenters. The van der Waals surface area contributed by atoms with Crippen LogP contribution in [-0.2, 0) is 9.59 Å². The molecule has 0 fully saturated rings. The molecule has 0 heterocycles. The summed E-state index contributed by atoms with van der Waals surface area (Å²) >= 11 is 0. The Hall–Kier alpha value is -1.14. The van der Waals surface area contributed by atoms with Gasteiger partial charge in [0, 0.05) is 0 Å². The number of hydrogen-bond acceptors (Lipinski definition) is 4. The van der Waals surface area contributed by atoms with Crippen LogP contribution in [0.15, 0.2) is 0 Å². The summed E-state index contributed by atoms with van der Waals surface area (Å²) in [4.78, 5) is 19.4. The van der Waals surface area contributed by atoms with Crippen molar-refractivity contribution in [3.63, 3.8) is 0 Å². The number of carboxylic acid groups (broad SMARTS) is 2. The van der Waals surface area contributed by atoms with Crippen LogP contribution in [0.1, 0.15) is 77.6 Å². The van der Waals surface area contributed by atoms with Crippen LogP contribution >= 0.6 is 0 Å². The van der Waals surface area contributed by atoms with E-state index in [4.69, 9.17) is 21.1 Å². The number of aliphatic hydroxyl groups excluding tert-OH is 1. The maximum atomic E-state index is 9.72. The molecule has 0 saturated carbocycles. The van der Waals surface area contributed by atoms with Gasteiger partial charge in [0.05, 0.1) is 6.42 Å². The molecule has 0 radical (unpaired) electrons. The fourth-order valence-corrected chi connectivity index (χ4v) is 1.88. The largest absolute Gasteiger partial charge is 0.481 e. The average molecular weight is 319 g/mol. The van der Waals surface area contributed by atoms with E-state index in [1.54, 1.807) is 0 Å². The molecule has 1 unspecified atom stereocenters. The van der Waals surface area contributed by atoms with Gasteiger partial charge in [0.1, 0.15) is 0 Å². The molecule has 0 aromatic heterocycles. The molecule has 6 heteroatoms. The summed E-state index contributed by atoms with van der Waals surface area (Å²) in [7, 11) is 0. The lowest BCUT2D eigenvalue weighted by molar-refractivity contribution is -0.152. The van der Waals surface area contributed by atoms with Gasteiger partial charge in [-0.15, -0.1) is 0 Å². The van der Waals surface area contributed by atoms with E-state index in [1.165, 1.54) is 64.2 Å². The monoisotopic (exact) mass is 319 g/mol. The first-order valence-electron chi connectivity index (χ1n) is 8.28. The van der Waals surface area contributed by atoms with Gasteiger partial charge in [-0.05, 0) is 13.0 Å². The number of aliphatic hydroxyl groups is 1. The van der Waals surface area contributed by atoms with Gasteiger partial charge < -0.3 is 21.1 Å². The van der Waals surface area contributed by atoms with Crippen molar-refractivity contribution in [2.75, 3.05) is 6.54 Å². The molecule has 6 nitrogen and oxygen atoms in total. The van der Waals surface area contributed by atoms with Crippen molar-refractivity contribution < 1.29 is 24.9 Å². The first kappa shape index (κ1) is 23.1. The molecule has 0 spiro atoms. The Morgan fingerprint density at radius 3 is 1.55 bits per heavy atom. The van der Waals surface area contributed by atoms with Crippen molar-refractivity contribution in [2.45, 2.75) is 83.7 Å². The molecule has 0 aromatic rings. The number of carbonyl (C=O) groups is 2. The van der Waals surface area contributed by atoms with Crippen molar-refractivity contribution in [2.24, 2.45) is 5.73 Å². The minimum Gasteiger partial charge on any atom is -0.481 e. The zero-order valence-electron chi connectivity index (χ0n) is 13.8. The summed E-state index contributed by atoms with van der Waals surface area (Å²) in [5, 5.41) is 24.1. The highest BCUT2D eigenvalue weighted by atomic mass is 16.4. The van der Waals surface area contributed by atoms with E-state index in [0.29, 0.717) is 0 Å². The predicted molar refractivity (Wildman–Crippen MR) is 86.8 cm³/mol. The zero-order chi connectivity index (χ0) is 17.2. The minimum absolute atomic E-state index is 0.755. The van der Waals surface area contributed by atoms with Crippen LogP contribution in [0.4, 0.5) is 0 Å². The van der Waals surface area contributed by atoms with Gasteiger partial charge in [-0.25, -0.2) is 4.79 Å². The molecule has 132 valence electrons. The molecule has 0 rings (SSSR count). The second kappa shape index (κ2) is 17.9. The standard InChI is InChI=1S/C12H27N.C4H6O5/c1-2-3-4-5-6-7-8-9-10-11-12-13;5-2(4(8)9)1-3(6)7/h2-13H2,1H3;2,5H,1H2,(H,6,7)(H,8,9).